The van der Waals surface area contributed by atoms with Gasteiger partial charge in [0.1, 0.15) is 0 Å². The van der Waals surface area contributed by atoms with Crippen molar-refractivity contribution in [3.63, 3.8) is 0 Å². The summed E-state index contributed by atoms with van der Waals surface area (Å²) in [6.45, 7) is 28.6. The molecule has 0 spiro atoms. The van der Waals surface area contributed by atoms with Gasteiger partial charge in [-0.05, 0) is 316 Å². The van der Waals surface area contributed by atoms with Gasteiger partial charge in [-0.2, -0.15) is 0 Å². The van der Waals surface area contributed by atoms with Crippen LogP contribution in [0.1, 0.15) is 282 Å². The van der Waals surface area contributed by atoms with Crippen molar-refractivity contribution in [2.45, 2.75) is 315 Å². The summed E-state index contributed by atoms with van der Waals surface area (Å²) in [5.41, 5.74) is -0.0800. The lowest BCUT2D eigenvalue weighted by molar-refractivity contribution is -0.148. The van der Waals surface area contributed by atoms with Crippen molar-refractivity contribution in [1.29, 1.82) is 0 Å². The zero-order valence-corrected chi connectivity index (χ0v) is 55.1. The quantitative estimate of drug-likeness (QED) is 0.141. The lowest BCUT2D eigenvalue weighted by Crippen LogP contribution is -2.56. The highest BCUT2D eigenvalue weighted by atomic mass is 32.2. The molecule has 0 heterocycles. The van der Waals surface area contributed by atoms with Crippen LogP contribution in [0.15, 0.2) is 35.2 Å². The molecule has 1 unspecified atom stereocenters. The van der Waals surface area contributed by atoms with E-state index in [0.717, 1.165) is 126 Å². The summed E-state index contributed by atoms with van der Waals surface area (Å²) in [4.78, 5) is 0.414. The Bertz CT molecular complexity index is 2360. The lowest BCUT2D eigenvalue weighted by atomic mass is 9.43. The van der Waals surface area contributed by atoms with Crippen LogP contribution in [0.25, 0.3) is 0 Å². The van der Waals surface area contributed by atoms with E-state index in [1.807, 2.05) is 25.1 Å². The van der Waals surface area contributed by atoms with Crippen molar-refractivity contribution in [3.8, 4) is 0 Å². The largest absolute Gasteiger partial charge is 0.400 e. The molecule has 0 aromatic heterocycles. The maximum atomic E-state index is 14.5. The first-order valence-corrected chi connectivity index (χ1v) is 36.1. The Morgan fingerprint density at radius 2 is 0.901 bits per heavy atom. The third-order valence-electron chi connectivity index (χ3n) is 29.6. The van der Waals surface area contributed by atoms with Crippen molar-refractivity contribution < 1.29 is 34.0 Å². The molecular formula is C73H124O7S. The summed E-state index contributed by atoms with van der Waals surface area (Å²) in [6.07, 6.45) is 34.8. The van der Waals surface area contributed by atoms with E-state index in [0.29, 0.717) is 69.5 Å². The summed E-state index contributed by atoms with van der Waals surface area (Å²) >= 11 is 0. The first-order valence-electron chi connectivity index (χ1n) is 34.5. The predicted molar refractivity (Wildman–Crippen MR) is 333 cm³/mol. The molecule has 5 N–H and O–H groups in total. The Balaban J connectivity index is 0.000000194. The van der Waals surface area contributed by atoms with Crippen molar-refractivity contribution in [2.75, 3.05) is 7.11 Å². The van der Waals surface area contributed by atoms with E-state index in [-0.39, 0.29) is 16.7 Å². The molecule has 0 saturated heterocycles. The standard InChI is InChI=1S/C39H62O4S.C33H58O2.CH4O/c1-7-35(3)19-23-39(41,24-20-35)26-34(44(42,43)29-11-9-8-10-12-29)27(2)31-15-16-32-30-14-13-28-25-36(4,40)21-22-37(28,5)33(30)17-18-38(31,32)6;1-7-29(3)16-20-33(35,21-17-29)15-12-23(2)26-10-11-27-25-9-8-24-22-30(4,34)18-19-31(24,5)28(25)13-14-32(26,27)6;1-2/h8-12,27-28,30-34,40-41H,7,13-26H2,1-6H3;23-28,34-35H,7-22H2,1-6H3;2H,1H3/t27-,28-,30-,31+,32-,33-,34?,35?,36-,37-,38+,39?;23-,24+,25+,26-,27+,28+,29?,30+,31+,32-,33?;/m01./s1. The highest BCUT2D eigenvalue weighted by Gasteiger charge is 2.64. The highest BCUT2D eigenvalue weighted by Crippen LogP contribution is 2.71. The molecule has 10 saturated carbocycles. The molecule has 10 aliphatic carbocycles. The second-order valence-corrected chi connectivity index (χ2v) is 36.1. The molecule has 0 amide bonds. The molecule has 10 fully saturated rings. The fourth-order valence-electron chi connectivity index (χ4n) is 23.2. The van der Waals surface area contributed by atoms with Crippen LogP contribution < -0.4 is 0 Å². The fourth-order valence-corrected chi connectivity index (χ4v) is 25.4. The first kappa shape index (κ1) is 64.4. The summed E-state index contributed by atoms with van der Waals surface area (Å²) in [5, 5.41) is 51.6. The summed E-state index contributed by atoms with van der Waals surface area (Å²) in [5.74, 6) is 8.10. The lowest BCUT2D eigenvalue weighted by Gasteiger charge is -2.62. The van der Waals surface area contributed by atoms with Crippen LogP contribution in [0.4, 0.5) is 0 Å². The van der Waals surface area contributed by atoms with Gasteiger partial charge in [0.15, 0.2) is 9.84 Å². The Kier molecular flexibility index (Phi) is 18.7. The van der Waals surface area contributed by atoms with Crippen molar-refractivity contribution in [1.82, 2.24) is 0 Å². The van der Waals surface area contributed by atoms with Gasteiger partial charge in [-0.15, -0.1) is 0 Å². The number of fused-ring (bicyclic) bond motifs is 10. The van der Waals surface area contributed by atoms with E-state index >= 15 is 0 Å². The van der Waals surface area contributed by atoms with Gasteiger partial charge in [-0.1, -0.05) is 100 Å². The molecule has 11 rings (SSSR count). The monoisotopic (exact) mass is 1140 g/mol. The number of hydrogen-bond acceptors (Lipinski definition) is 7. The summed E-state index contributed by atoms with van der Waals surface area (Å²) in [6, 6.07) is 9.10. The number of benzene rings is 1. The van der Waals surface area contributed by atoms with Crippen LogP contribution in [0.3, 0.4) is 0 Å². The van der Waals surface area contributed by atoms with Crippen LogP contribution >= 0.6 is 0 Å². The smallest absolute Gasteiger partial charge is 0.181 e. The summed E-state index contributed by atoms with van der Waals surface area (Å²) in [7, 11) is -2.62. The number of rotatable bonds is 12. The molecule has 1 aromatic carbocycles. The van der Waals surface area contributed by atoms with E-state index < -0.39 is 37.5 Å². The second kappa shape index (κ2) is 23.5. The topological polar surface area (TPSA) is 135 Å². The van der Waals surface area contributed by atoms with Crippen LogP contribution in [0.2, 0.25) is 0 Å². The maximum absolute atomic E-state index is 14.5. The third-order valence-corrected chi connectivity index (χ3v) is 31.9. The van der Waals surface area contributed by atoms with Gasteiger partial charge in [0.25, 0.3) is 0 Å². The van der Waals surface area contributed by atoms with Crippen LogP contribution in [0, 0.1) is 104 Å². The Morgan fingerprint density at radius 3 is 1.36 bits per heavy atom. The molecule has 19 atom stereocenters. The Labute approximate surface area is 496 Å². The number of hydrogen-bond donors (Lipinski definition) is 5. The maximum Gasteiger partial charge on any atom is 0.181 e. The van der Waals surface area contributed by atoms with Gasteiger partial charge >= 0.3 is 0 Å². The molecule has 0 bridgehead atoms. The zero-order chi connectivity index (χ0) is 59.0. The Hall–Kier alpha value is -1.03. The normalized spacial score (nSPS) is 49.5. The van der Waals surface area contributed by atoms with Crippen molar-refractivity contribution >= 4 is 9.84 Å². The van der Waals surface area contributed by atoms with Gasteiger partial charge in [0, 0.05) is 7.11 Å². The number of aliphatic hydroxyl groups is 5. The summed E-state index contributed by atoms with van der Waals surface area (Å²) < 4.78 is 29.1. The molecule has 0 radical (unpaired) electrons. The van der Waals surface area contributed by atoms with E-state index in [1.165, 1.54) is 103 Å². The third kappa shape index (κ3) is 12.2. The second-order valence-electron chi connectivity index (χ2n) is 33.9. The molecule has 10 aliphatic rings. The van der Waals surface area contributed by atoms with E-state index in [1.54, 1.807) is 12.1 Å². The van der Waals surface area contributed by atoms with Gasteiger partial charge in [-0.25, -0.2) is 8.42 Å². The molecule has 1 aromatic rings. The van der Waals surface area contributed by atoms with Gasteiger partial charge in [0.2, 0.25) is 0 Å². The highest BCUT2D eigenvalue weighted by molar-refractivity contribution is 7.92. The molecule has 464 valence electrons. The van der Waals surface area contributed by atoms with Gasteiger partial charge < -0.3 is 25.5 Å². The van der Waals surface area contributed by atoms with E-state index in [2.05, 4.69) is 76.2 Å². The molecular weight excluding hydrogens is 1020 g/mol. The average Bonchev–Trinajstić information content (AvgIpc) is 2.46. The van der Waals surface area contributed by atoms with E-state index in [4.69, 9.17) is 5.11 Å². The zero-order valence-electron chi connectivity index (χ0n) is 54.3. The Morgan fingerprint density at radius 1 is 0.481 bits per heavy atom. The number of sulfone groups is 1. The van der Waals surface area contributed by atoms with Crippen LogP contribution in [0.5, 0.6) is 0 Å². The molecule has 7 nitrogen and oxygen atoms in total. The molecule has 0 aliphatic heterocycles. The van der Waals surface area contributed by atoms with Crippen LogP contribution in [-0.2, 0) is 9.84 Å². The minimum Gasteiger partial charge on any atom is -0.400 e. The van der Waals surface area contributed by atoms with Crippen molar-refractivity contribution in [2.24, 2.45) is 104 Å². The van der Waals surface area contributed by atoms with Gasteiger partial charge in [-0.3, -0.25) is 0 Å². The minimum absolute atomic E-state index is 0.00744. The SMILES string of the molecule is CCC1(C)CCC(O)(CC([C@@H](C)[C@H]2CC[C@H]3[C@@H]4CC[C@H]5C[C@@](C)(O)CC[C@]5(C)[C@H]4CC[C@]23C)S(=O)(=O)c2ccccc2)CC1.CCC1(C)CCC(O)(CC[C@@H](C)[C@H]2CC[C@H]3[C@@H]4CC[C@H]5C[C@@](C)(O)CC[C@]5(C)[C@H]4CC[C@]23C)CC1.CO. The van der Waals surface area contributed by atoms with Crippen molar-refractivity contribution in [3.05, 3.63) is 30.3 Å². The molecule has 81 heavy (non-hydrogen) atoms. The van der Waals surface area contributed by atoms with Gasteiger partial charge in [0.05, 0.1) is 32.5 Å². The molecule has 8 heteroatoms. The first-order chi connectivity index (χ1) is 37.9. The average molecular weight is 1150 g/mol. The number of aliphatic hydroxyl groups excluding tert-OH is 1. The predicted octanol–water partition coefficient (Wildman–Crippen LogP) is 17.1. The minimum atomic E-state index is -3.62. The van der Waals surface area contributed by atoms with Crippen LogP contribution in [-0.4, -0.2) is 68.7 Å². The fraction of sp³-hybridized carbons (Fsp3) is 0.918. The van der Waals surface area contributed by atoms with E-state index in [9.17, 15) is 28.8 Å².